The molecule has 1 aliphatic heterocycles. The Morgan fingerprint density at radius 2 is 2.33 bits per heavy atom. The van der Waals surface area contributed by atoms with Crippen LogP contribution in [0.4, 0.5) is 10.1 Å². The maximum atomic E-state index is 14.2. The van der Waals surface area contributed by atoms with Crippen LogP contribution in [0, 0.1) is 5.82 Å². The molecule has 1 aromatic carbocycles. The van der Waals surface area contributed by atoms with E-state index in [2.05, 4.69) is 24.1 Å². The molecule has 0 saturated carbocycles. The highest BCUT2D eigenvalue weighted by Gasteiger charge is 2.21. The molecule has 0 spiro atoms. The van der Waals surface area contributed by atoms with Gasteiger partial charge in [-0.3, -0.25) is 0 Å². The Hall–Kier alpha value is -0.740. The lowest BCUT2D eigenvalue weighted by Crippen LogP contribution is -2.40. The van der Waals surface area contributed by atoms with Crippen LogP contribution in [-0.4, -0.2) is 30.6 Å². The summed E-state index contributed by atoms with van der Waals surface area (Å²) in [6, 6.07) is 6.02. The Morgan fingerprint density at radius 3 is 3.00 bits per heavy atom. The van der Waals surface area contributed by atoms with Gasteiger partial charge >= 0.3 is 0 Å². The van der Waals surface area contributed by atoms with Crippen LogP contribution in [0.5, 0.6) is 0 Å². The second-order valence-corrected chi connectivity index (χ2v) is 5.83. The number of hydrogen-bond donors (Lipinski definition) is 1. The van der Waals surface area contributed by atoms with Crippen LogP contribution in [0.1, 0.15) is 19.4 Å². The molecule has 1 saturated heterocycles. The summed E-state index contributed by atoms with van der Waals surface area (Å²) in [4.78, 5) is 2.18. The summed E-state index contributed by atoms with van der Waals surface area (Å²) in [7, 11) is 0. The van der Waals surface area contributed by atoms with Crippen molar-refractivity contribution in [3.05, 3.63) is 29.6 Å². The molecule has 100 valence electrons. The van der Waals surface area contributed by atoms with Gasteiger partial charge in [-0.15, -0.1) is 0 Å². The van der Waals surface area contributed by atoms with Gasteiger partial charge in [-0.2, -0.15) is 11.8 Å². The highest BCUT2D eigenvalue weighted by molar-refractivity contribution is 7.99. The third-order valence-corrected chi connectivity index (χ3v) is 4.46. The fourth-order valence-electron chi connectivity index (χ4n) is 2.25. The molecule has 1 heterocycles. The first-order valence-electron chi connectivity index (χ1n) is 6.56. The highest BCUT2D eigenvalue weighted by atomic mass is 32.2. The van der Waals surface area contributed by atoms with Gasteiger partial charge in [0.15, 0.2) is 0 Å². The summed E-state index contributed by atoms with van der Waals surface area (Å²) < 4.78 is 14.2. The lowest BCUT2D eigenvalue weighted by molar-refractivity contribution is 0.599. The van der Waals surface area contributed by atoms with Crippen LogP contribution >= 0.6 is 11.8 Å². The monoisotopic (exact) mass is 268 g/mol. The summed E-state index contributed by atoms with van der Waals surface area (Å²) >= 11 is 1.95. The van der Waals surface area contributed by atoms with Gasteiger partial charge in [0.05, 0.1) is 5.69 Å². The Balaban J connectivity index is 2.13. The average Bonchev–Trinajstić information content (AvgIpc) is 2.38. The highest BCUT2D eigenvalue weighted by Crippen LogP contribution is 2.27. The van der Waals surface area contributed by atoms with Gasteiger partial charge in [0, 0.05) is 30.6 Å². The number of anilines is 1. The molecule has 0 aliphatic carbocycles. The van der Waals surface area contributed by atoms with Gasteiger partial charge in [0.2, 0.25) is 0 Å². The molecule has 2 nitrogen and oxygen atoms in total. The van der Waals surface area contributed by atoms with Crippen LogP contribution in [0.3, 0.4) is 0 Å². The van der Waals surface area contributed by atoms with E-state index in [9.17, 15) is 4.39 Å². The van der Waals surface area contributed by atoms with E-state index in [1.807, 2.05) is 23.9 Å². The quantitative estimate of drug-likeness (QED) is 0.904. The first-order valence-corrected chi connectivity index (χ1v) is 7.71. The van der Waals surface area contributed by atoms with Crippen LogP contribution in [0.15, 0.2) is 18.2 Å². The fourth-order valence-corrected chi connectivity index (χ4v) is 3.26. The zero-order chi connectivity index (χ0) is 13.0. The van der Waals surface area contributed by atoms with Crippen molar-refractivity contribution < 1.29 is 4.39 Å². The van der Waals surface area contributed by atoms with Crippen molar-refractivity contribution in [1.82, 2.24) is 5.32 Å². The summed E-state index contributed by atoms with van der Waals surface area (Å²) in [6.07, 6.45) is 0. The lowest BCUT2D eigenvalue weighted by Gasteiger charge is -2.35. The second-order valence-electron chi connectivity index (χ2n) is 4.68. The van der Waals surface area contributed by atoms with Crippen LogP contribution in [0.2, 0.25) is 0 Å². The molecule has 1 fully saturated rings. The molecule has 1 aliphatic rings. The Labute approximate surface area is 113 Å². The van der Waals surface area contributed by atoms with E-state index in [1.165, 1.54) is 0 Å². The van der Waals surface area contributed by atoms with E-state index in [4.69, 9.17) is 0 Å². The van der Waals surface area contributed by atoms with Crippen LogP contribution in [-0.2, 0) is 6.54 Å². The largest absolute Gasteiger partial charge is 0.365 e. The maximum Gasteiger partial charge on any atom is 0.146 e. The van der Waals surface area contributed by atoms with Gasteiger partial charge in [0.1, 0.15) is 5.82 Å². The minimum absolute atomic E-state index is 0.0934. The van der Waals surface area contributed by atoms with Gasteiger partial charge in [0.25, 0.3) is 0 Å². The van der Waals surface area contributed by atoms with Gasteiger partial charge in [-0.05, 0) is 31.2 Å². The van der Waals surface area contributed by atoms with Crippen molar-refractivity contribution in [3.8, 4) is 0 Å². The second kappa shape index (κ2) is 6.43. The van der Waals surface area contributed by atoms with Crippen LogP contribution < -0.4 is 10.2 Å². The predicted octanol–water partition coefficient (Wildman–Crippen LogP) is 2.88. The third-order valence-electron chi connectivity index (χ3n) is 3.27. The van der Waals surface area contributed by atoms with E-state index in [0.29, 0.717) is 6.04 Å². The molecule has 0 amide bonds. The summed E-state index contributed by atoms with van der Waals surface area (Å²) in [5, 5.41) is 3.22. The number of benzene rings is 1. The van der Waals surface area contributed by atoms with Crippen molar-refractivity contribution in [2.75, 3.05) is 29.5 Å². The molecule has 2 rings (SSSR count). The van der Waals surface area contributed by atoms with E-state index in [1.54, 1.807) is 6.07 Å². The molecule has 0 bridgehead atoms. The van der Waals surface area contributed by atoms with Gasteiger partial charge in [-0.25, -0.2) is 4.39 Å². The van der Waals surface area contributed by atoms with Crippen molar-refractivity contribution in [2.24, 2.45) is 0 Å². The number of thioether (sulfide) groups is 1. The Kier molecular flexibility index (Phi) is 4.89. The third kappa shape index (κ3) is 3.18. The number of halogens is 1. The van der Waals surface area contributed by atoms with Crippen LogP contribution in [0.25, 0.3) is 0 Å². The number of rotatable bonds is 4. The van der Waals surface area contributed by atoms with Gasteiger partial charge in [-0.1, -0.05) is 13.0 Å². The minimum atomic E-state index is -0.0934. The maximum absolute atomic E-state index is 14.2. The van der Waals surface area contributed by atoms with E-state index in [-0.39, 0.29) is 5.82 Å². The fraction of sp³-hybridized carbons (Fsp3) is 0.571. The molecule has 0 radical (unpaired) electrons. The molecule has 1 unspecified atom stereocenters. The Bertz CT molecular complexity index is 397. The number of hydrogen-bond acceptors (Lipinski definition) is 3. The predicted molar refractivity (Wildman–Crippen MR) is 77.9 cm³/mol. The van der Waals surface area contributed by atoms with E-state index < -0.39 is 0 Å². The summed E-state index contributed by atoms with van der Waals surface area (Å²) in [5.74, 6) is 2.07. The average molecular weight is 268 g/mol. The molecule has 18 heavy (non-hydrogen) atoms. The summed E-state index contributed by atoms with van der Waals surface area (Å²) in [5.41, 5.74) is 1.76. The van der Waals surface area contributed by atoms with Crippen molar-refractivity contribution in [3.63, 3.8) is 0 Å². The first-order chi connectivity index (χ1) is 8.72. The van der Waals surface area contributed by atoms with Crippen molar-refractivity contribution >= 4 is 17.4 Å². The number of nitrogens with one attached hydrogen (secondary N) is 1. The van der Waals surface area contributed by atoms with Crippen molar-refractivity contribution in [1.29, 1.82) is 0 Å². The Morgan fingerprint density at radius 1 is 1.50 bits per heavy atom. The lowest BCUT2D eigenvalue weighted by atomic mass is 10.1. The molecular formula is C14H21FN2S. The van der Waals surface area contributed by atoms with Gasteiger partial charge < -0.3 is 10.2 Å². The zero-order valence-electron chi connectivity index (χ0n) is 11.1. The normalized spacial score (nSPS) is 20.2. The number of nitrogens with zero attached hydrogens (tertiary/aromatic N) is 1. The zero-order valence-corrected chi connectivity index (χ0v) is 11.9. The summed E-state index contributed by atoms with van der Waals surface area (Å²) in [6.45, 7) is 6.80. The smallest absolute Gasteiger partial charge is 0.146 e. The molecular weight excluding hydrogens is 247 g/mol. The molecule has 1 aromatic rings. The molecule has 1 atom stereocenters. The topological polar surface area (TPSA) is 15.3 Å². The molecule has 0 aromatic heterocycles. The standard InChI is InChI=1S/C14H21FN2S/c1-3-16-9-12-4-5-14(13(15)8-12)17-6-7-18-10-11(17)2/h4-5,8,11,16H,3,6-7,9-10H2,1-2H3. The minimum Gasteiger partial charge on any atom is -0.365 e. The van der Waals surface area contributed by atoms with E-state index in [0.717, 1.165) is 42.4 Å². The first kappa shape index (κ1) is 13.7. The SMILES string of the molecule is CCNCc1ccc(N2CCSCC2C)c(F)c1. The van der Waals surface area contributed by atoms with E-state index >= 15 is 0 Å². The van der Waals surface area contributed by atoms with Crippen molar-refractivity contribution in [2.45, 2.75) is 26.4 Å². The molecule has 4 heteroatoms. The molecule has 1 N–H and O–H groups in total.